The average Bonchev–Trinajstić information content (AvgIpc) is 3.67. The van der Waals surface area contributed by atoms with E-state index in [1.165, 1.54) is 0 Å². The first-order chi connectivity index (χ1) is 16.3. The van der Waals surface area contributed by atoms with Crippen LogP contribution in [0.1, 0.15) is 61.4 Å². The number of aliphatic hydroxyl groups excluding tert-OH is 1. The lowest BCUT2D eigenvalue weighted by atomic mass is 9.81. The Morgan fingerprint density at radius 1 is 1.18 bits per heavy atom. The predicted octanol–water partition coefficient (Wildman–Crippen LogP) is 5.42. The number of aliphatic hydroxyl groups is 1. The molecular weight excluding hydrogens is 450 g/mol. The second kappa shape index (κ2) is 8.84. The number of carbonyl (C=O) groups is 1. The summed E-state index contributed by atoms with van der Waals surface area (Å²) in [5.74, 6) is 0.126. The van der Waals surface area contributed by atoms with Crippen molar-refractivity contribution in [3.63, 3.8) is 0 Å². The topological polar surface area (TPSA) is 108 Å². The van der Waals surface area contributed by atoms with E-state index in [1.807, 2.05) is 18.2 Å². The van der Waals surface area contributed by atoms with E-state index >= 15 is 0 Å². The first-order valence-electron chi connectivity index (χ1n) is 11.9. The van der Waals surface area contributed by atoms with Gasteiger partial charge >= 0.3 is 0 Å². The molecule has 2 saturated carbocycles. The third kappa shape index (κ3) is 4.50. The van der Waals surface area contributed by atoms with Crippen LogP contribution in [0.15, 0.2) is 36.5 Å². The number of pyridine rings is 1. The van der Waals surface area contributed by atoms with Crippen molar-refractivity contribution in [3.05, 3.63) is 52.7 Å². The number of fused-ring (bicyclic) bond motifs is 1. The highest BCUT2D eigenvalue weighted by atomic mass is 35.5. The van der Waals surface area contributed by atoms with Crippen LogP contribution in [0.2, 0.25) is 5.02 Å². The van der Waals surface area contributed by atoms with Crippen molar-refractivity contribution in [2.24, 2.45) is 11.7 Å². The number of nitrogens with two attached hydrogens (primary N) is 1. The van der Waals surface area contributed by atoms with E-state index in [4.69, 9.17) is 17.3 Å². The van der Waals surface area contributed by atoms with E-state index in [2.05, 4.69) is 17.2 Å². The van der Waals surface area contributed by atoms with Gasteiger partial charge in [-0.2, -0.15) is 0 Å². The number of aromatic nitrogens is 1. The van der Waals surface area contributed by atoms with Crippen LogP contribution in [0.4, 0.5) is 5.69 Å². The summed E-state index contributed by atoms with van der Waals surface area (Å²) in [6.07, 6.45) is 7.33. The largest absolute Gasteiger partial charge is 0.506 e. The number of ketones is 1. The van der Waals surface area contributed by atoms with Crippen LogP contribution in [-0.2, 0) is 6.61 Å². The fourth-order valence-corrected chi connectivity index (χ4v) is 5.09. The smallest absolute Gasteiger partial charge is 0.169 e. The number of Topliss-reactive ketones (excluding diaryl/α,β-unsaturated/α-hetero) is 1. The van der Waals surface area contributed by atoms with Crippen LogP contribution in [0.5, 0.6) is 5.75 Å². The highest BCUT2D eigenvalue weighted by Crippen LogP contribution is 2.40. The molecule has 1 aromatic heterocycles. The van der Waals surface area contributed by atoms with Crippen molar-refractivity contribution in [2.75, 3.05) is 5.32 Å². The van der Waals surface area contributed by atoms with Crippen LogP contribution in [-0.4, -0.2) is 32.6 Å². The number of hydrogen-bond acceptors (Lipinski definition) is 6. The van der Waals surface area contributed by atoms with Gasteiger partial charge in [0.05, 0.1) is 28.4 Å². The highest BCUT2D eigenvalue weighted by Gasteiger charge is 2.34. The molecule has 5 rings (SSSR count). The maximum absolute atomic E-state index is 13.2. The lowest BCUT2D eigenvalue weighted by Crippen LogP contribution is -2.43. The van der Waals surface area contributed by atoms with Crippen LogP contribution < -0.4 is 11.1 Å². The van der Waals surface area contributed by atoms with Gasteiger partial charge in [-0.05, 0) is 80.8 Å². The maximum atomic E-state index is 13.2. The molecule has 34 heavy (non-hydrogen) atoms. The molecule has 0 saturated heterocycles. The van der Waals surface area contributed by atoms with E-state index in [0.29, 0.717) is 11.1 Å². The van der Waals surface area contributed by atoms with Gasteiger partial charge in [-0.3, -0.25) is 9.78 Å². The maximum Gasteiger partial charge on any atom is 0.169 e. The number of benzene rings is 2. The molecule has 0 unspecified atom stereocenters. The first kappa shape index (κ1) is 23.1. The molecule has 6 nitrogen and oxygen atoms in total. The van der Waals surface area contributed by atoms with Gasteiger partial charge in [0.1, 0.15) is 5.75 Å². The minimum Gasteiger partial charge on any atom is -0.506 e. The number of nitrogens with zero attached hydrogens (tertiary/aromatic N) is 1. The molecule has 0 amide bonds. The van der Waals surface area contributed by atoms with Gasteiger partial charge in [0.15, 0.2) is 5.78 Å². The zero-order valence-electron chi connectivity index (χ0n) is 19.3. The number of carbonyl (C=O) groups excluding carboxylic acids is 1. The van der Waals surface area contributed by atoms with Crippen molar-refractivity contribution in [2.45, 2.75) is 63.6 Å². The summed E-state index contributed by atoms with van der Waals surface area (Å²) in [5, 5.41) is 24.5. The number of nitrogens with one attached hydrogen (secondary N) is 1. The van der Waals surface area contributed by atoms with Crippen molar-refractivity contribution in [1.29, 1.82) is 0 Å². The Morgan fingerprint density at radius 2 is 1.91 bits per heavy atom. The van der Waals surface area contributed by atoms with Gasteiger partial charge in [0.25, 0.3) is 0 Å². The summed E-state index contributed by atoms with van der Waals surface area (Å²) >= 11 is 6.22. The van der Waals surface area contributed by atoms with Gasteiger partial charge in [0, 0.05) is 34.6 Å². The molecule has 1 heterocycles. The summed E-state index contributed by atoms with van der Waals surface area (Å²) in [5.41, 5.74) is 10.5. The van der Waals surface area contributed by atoms with Crippen molar-refractivity contribution < 1.29 is 15.0 Å². The Labute approximate surface area is 204 Å². The average molecular weight is 480 g/mol. The molecule has 5 N–H and O–H groups in total. The minimum atomic E-state index is -0.316. The molecule has 0 bridgehead atoms. The van der Waals surface area contributed by atoms with E-state index in [0.717, 1.165) is 66.2 Å². The highest BCUT2D eigenvalue weighted by molar-refractivity contribution is 6.32. The summed E-state index contributed by atoms with van der Waals surface area (Å²) in [7, 11) is 0. The lowest BCUT2D eigenvalue weighted by molar-refractivity contribution is 0.0968. The van der Waals surface area contributed by atoms with Crippen molar-refractivity contribution in [1.82, 2.24) is 4.98 Å². The monoisotopic (exact) mass is 479 g/mol. The zero-order chi connectivity index (χ0) is 24.0. The van der Waals surface area contributed by atoms with Crippen LogP contribution in [0.3, 0.4) is 0 Å². The molecule has 2 aliphatic rings. The lowest BCUT2D eigenvalue weighted by Gasteiger charge is -2.35. The first-order valence-corrected chi connectivity index (χ1v) is 12.3. The van der Waals surface area contributed by atoms with Crippen LogP contribution in [0.25, 0.3) is 22.0 Å². The number of hydrogen-bond donors (Lipinski definition) is 4. The molecule has 0 spiro atoms. The van der Waals surface area contributed by atoms with E-state index in [1.54, 1.807) is 18.3 Å². The Hall–Kier alpha value is -2.67. The normalized spacial score (nSPS) is 22.6. The van der Waals surface area contributed by atoms with Crippen LogP contribution in [0, 0.1) is 5.92 Å². The third-order valence-electron chi connectivity index (χ3n) is 7.20. The second-order valence-corrected chi connectivity index (χ2v) is 10.5. The summed E-state index contributed by atoms with van der Waals surface area (Å²) in [6, 6.07) is 9.52. The number of rotatable bonds is 6. The Kier molecular flexibility index (Phi) is 6.00. The van der Waals surface area contributed by atoms with Gasteiger partial charge in [0.2, 0.25) is 0 Å². The number of aromatic hydroxyl groups is 1. The third-order valence-corrected chi connectivity index (χ3v) is 7.49. The van der Waals surface area contributed by atoms with Crippen LogP contribution >= 0.6 is 11.6 Å². The molecule has 7 heteroatoms. The summed E-state index contributed by atoms with van der Waals surface area (Å²) < 4.78 is 0. The van der Waals surface area contributed by atoms with Gasteiger partial charge in [-0.1, -0.05) is 17.7 Å². The molecule has 3 aromatic rings. The molecule has 2 aromatic carbocycles. The summed E-state index contributed by atoms with van der Waals surface area (Å²) in [6.45, 7) is 1.78. The SMILES string of the molecule is CC1(N)CCC(Nc2c(C(=O)C3CC3)cnc3ccc(-c4cc(Cl)c(O)c(CO)c4)cc23)CC1. The van der Waals surface area contributed by atoms with Gasteiger partial charge in [-0.25, -0.2) is 0 Å². The van der Waals surface area contributed by atoms with E-state index in [-0.39, 0.29) is 40.7 Å². The quantitative estimate of drug-likeness (QED) is 0.351. The molecule has 2 fully saturated rings. The fraction of sp³-hybridized carbons (Fsp3) is 0.407. The zero-order valence-corrected chi connectivity index (χ0v) is 20.0. The minimum absolute atomic E-state index is 0.0877. The van der Waals surface area contributed by atoms with E-state index in [9.17, 15) is 15.0 Å². The molecule has 0 aliphatic heterocycles. The van der Waals surface area contributed by atoms with Gasteiger partial charge < -0.3 is 21.3 Å². The van der Waals surface area contributed by atoms with Crippen molar-refractivity contribution >= 4 is 34.0 Å². The Balaban J connectivity index is 1.60. The summed E-state index contributed by atoms with van der Waals surface area (Å²) in [4.78, 5) is 17.8. The number of anilines is 1. The Morgan fingerprint density at radius 3 is 2.59 bits per heavy atom. The molecular formula is C27H30ClN3O3. The molecule has 0 radical (unpaired) electrons. The predicted molar refractivity (Wildman–Crippen MR) is 135 cm³/mol. The van der Waals surface area contributed by atoms with E-state index < -0.39 is 0 Å². The second-order valence-electron chi connectivity index (χ2n) is 10.1. The molecule has 2 aliphatic carbocycles. The number of halogens is 1. The van der Waals surface area contributed by atoms with Gasteiger partial charge in [-0.15, -0.1) is 0 Å². The standard InChI is InChI=1S/C27H30ClN3O3/c1-27(29)8-6-19(7-9-27)31-24-20-11-16(17-10-18(14-32)26(34)22(28)12-17)4-5-23(20)30-13-21(24)25(33)15-2-3-15/h4-5,10-13,15,19,32,34H,2-3,6-9,14,29H2,1H3,(H,30,31). The molecule has 178 valence electrons. The number of phenols is 1. The fourth-order valence-electron chi connectivity index (χ4n) is 4.85. The Bertz CT molecular complexity index is 1260. The van der Waals surface area contributed by atoms with Crippen molar-refractivity contribution in [3.8, 4) is 16.9 Å². The molecule has 0 atom stereocenters.